The van der Waals surface area contributed by atoms with Crippen molar-refractivity contribution in [1.82, 2.24) is 4.90 Å². The summed E-state index contributed by atoms with van der Waals surface area (Å²) >= 11 is 1.68. The molecule has 0 saturated carbocycles. The van der Waals surface area contributed by atoms with Gasteiger partial charge in [-0.05, 0) is 6.42 Å². The summed E-state index contributed by atoms with van der Waals surface area (Å²) in [6.07, 6.45) is 0.661. The molecular formula is C8H15NO3S. The molecule has 1 heterocycles. The molecule has 76 valence electrons. The highest BCUT2D eigenvalue weighted by Crippen LogP contribution is 2.16. The van der Waals surface area contributed by atoms with Crippen molar-refractivity contribution in [3.8, 4) is 0 Å². The van der Waals surface area contributed by atoms with Crippen LogP contribution in [-0.4, -0.2) is 58.3 Å². The van der Waals surface area contributed by atoms with E-state index in [9.17, 15) is 4.79 Å². The van der Waals surface area contributed by atoms with E-state index in [0.29, 0.717) is 18.7 Å². The fourth-order valence-electron chi connectivity index (χ4n) is 1.41. The number of thioether (sulfide) groups is 1. The summed E-state index contributed by atoms with van der Waals surface area (Å²) < 4.78 is 0. The summed E-state index contributed by atoms with van der Waals surface area (Å²) in [5.41, 5.74) is 0. The number of carboxylic acid groups (broad SMARTS) is 1. The highest BCUT2D eigenvalue weighted by Gasteiger charge is 2.27. The first kappa shape index (κ1) is 10.8. The minimum atomic E-state index is -0.745. The monoisotopic (exact) mass is 205 g/mol. The van der Waals surface area contributed by atoms with Gasteiger partial charge in [0.25, 0.3) is 0 Å². The average Bonchev–Trinajstić information content (AvgIpc) is 2.15. The lowest BCUT2D eigenvalue weighted by molar-refractivity contribution is -0.142. The van der Waals surface area contributed by atoms with Crippen LogP contribution in [0.2, 0.25) is 0 Å². The summed E-state index contributed by atoms with van der Waals surface area (Å²) in [5.74, 6) is 0.917. The lowest BCUT2D eigenvalue weighted by atomic mass is 10.2. The first-order valence-electron chi connectivity index (χ1n) is 4.41. The van der Waals surface area contributed by atoms with Crippen molar-refractivity contribution in [3.63, 3.8) is 0 Å². The third kappa shape index (κ3) is 3.17. The SMILES string of the molecule is O=C(O)C1CSCCN1CCCO. The number of aliphatic hydroxyl groups is 1. The van der Waals surface area contributed by atoms with Gasteiger partial charge in [0.1, 0.15) is 6.04 Å². The molecular weight excluding hydrogens is 190 g/mol. The number of aliphatic carboxylic acids is 1. The molecule has 1 fully saturated rings. The lowest BCUT2D eigenvalue weighted by Crippen LogP contribution is -2.47. The summed E-state index contributed by atoms with van der Waals surface area (Å²) in [7, 11) is 0. The molecule has 4 nitrogen and oxygen atoms in total. The largest absolute Gasteiger partial charge is 0.480 e. The molecule has 1 saturated heterocycles. The number of carbonyl (C=O) groups is 1. The van der Waals surface area contributed by atoms with Crippen LogP contribution in [0.1, 0.15) is 6.42 Å². The zero-order valence-corrected chi connectivity index (χ0v) is 8.29. The molecule has 13 heavy (non-hydrogen) atoms. The Morgan fingerprint density at radius 3 is 3.00 bits per heavy atom. The Hall–Kier alpha value is -0.260. The zero-order chi connectivity index (χ0) is 9.68. The number of aliphatic hydroxyl groups excluding tert-OH is 1. The van der Waals surface area contributed by atoms with Gasteiger partial charge in [0, 0.05) is 31.2 Å². The van der Waals surface area contributed by atoms with E-state index in [0.717, 1.165) is 12.3 Å². The van der Waals surface area contributed by atoms with E-state index in [2.05, 4.69) is 0 Å². The van der Waals surface area contributed by atoms with Crippen LogP contribution in [0.5, 0.6) is 0 Å². The standard InChI is InChI=1S/C8H15NO3S/c10-4-1-2-9-3-5-13-6-7(9)8(11)12/h7,10H,1-6H2,(H,11,12). The molecule has 0 aliphatic carbocycles. The average molecular weight is 205 g/mol. The quantitative estimate of drug-likeness (QED) is 0.669. The van der Waals surface area contributed by atoms with Crippen LogP contribution in [0.3, 0.4) is 0 Å². The summed E-state index contributed by atoms with van der Waals surface area (Å²) in [6.45, 7) is 1.64. The molecule has 0 spiro atoms. The molecule has 1 unspecified atom stereocenters. The van der Waals surface area contributed by atoms with Crippen molar-refractivity contribution < 1.29 is 15.0 Å². The van der Waals surface area contributed by atoms with Crippen molar-refractivity contribution >= 4 is 17.7 Å². The van der Waals surface area contributed by atoms with E-state index in [4.69, 9.17) is 10.2 Å². The predicted octanol–water partition coefficient (Wildman–Crippen LogP) is -0.129. The second-order valence-corrected chi connectivity index (χ2v) is 4.19. The fraction of sp³-hybridized carbons (Fsp3) is 0.875. The molecule has 1 rings (SSSR count). The molecule has 2 N–H and O–H groups in total. The van der Waals surface area contributed by atoms with Gasteiger partial charge in [0.05, 0.1) is 0 Å². The van der Waals surface area contributed by atoms with Crippen LogP contribution in [0.25, 0.3) is 0 Å². The van der Waals surface area contributed by atoms with Gasteiger partial charge in [-0.3, -0.25) is 9.69 Å². The topological polar surface area (TPSA) is 60.8 Å². The van der Waals surface area contributed by atoms with Crippen molar-refractivity contribution in [2.75, 3.05) is 31.2 Å². The van der Waals surface area contributed by atoms with Gasteiger partial charge in [-0.15, -0.1) is 0 Å². The molecule has 0 amide bonds. The molecule has 0 aromatic heterocycles. The fourth-order valence-corrected chi connectivity index (χ4v) is 2.51. The Kier molecular flexibility index (Phi) is 4.55. The Morgan fingerprint density at radius 2 is 2.38 bits per heavy atom. The predicted molar refractivity (Wildman–Crippen MR) is 52.0 cm³/mol. The number of carboxylic acids is 1. The number of rotatable bonds is 4. The zero-order valence-electron chi connectivity index (χ0n) is 7.48. The van der Waals surface area contributed by atoms with Gasteiger partial charge in [0.15, 0.2) is 0 Å². The van der Waals surface area contributed by atoms with E-state index < -0.39 is 5.97 Å². The van der Waals surface area contributed by atoms with Gasteiger partial charge < -0.3 is 10.2 Å². The molecule has 1 aliphatic heterocycles. The molecule has 0 aromatic rings. The van der Waals surface area contributed by atoms with Crippen LogP contribution < -0.4 is 0 Å². The van der Waals surface area contributed by atoms with Crippen LogP contribution >= 0.6 is 11.8 Å². The Balaban J connectivity index is 2.41. The van der Waals surface area contributed by atoms with E-state index in [1.807, 2.05) is 4.90 Å². The van der Waals surface area contributed by atoms with Gasteiger partial charge in [-0.25, -0.2) is 0 Å². The van der Waals surface area contributed by atoms with Crippen LogP contribution in [0, 0.1) is 0 Å². The third-order valence-corrected chi connectivity index (χ3v) is 3.15. The minimum Gasteiger partial charge on any atom is -0.480 e. The number of nitrogens with zero attached hydrogens (tertiary/aromatic N) is 1. The molecule has 1 atom stereocenters. The van der Waals surface area contributed by atoms with Crippen LogP contribution in [-0.2, 0) is 4.79 Å². The van der Waals surface area contributed by atoms with E-state index >= 15 is 0 Å². The van der Waals surface area contributed by atoms with Crippen molar-refractivity contribution in [2.24, 2.45) is 0 Å². The van der Waals surface area contributed by atoms with Gasteiger partial charge in [0.2, 0.25) is 0 Å². The molecule has 5 heteroatoms. The second-order valence-electron chi connectivity index (χ2n) is 3.04. The molecule has 0 radical (unpaired) electrons. The highest BCUT2D eigenvalue weighted by atomic mass is 32.2. The normalized spacial score (nSPS) is 24.5. The van der Waals surface area contributed by atoms with E-state index in [1.54, 1.807) is 11.8 Å². The first-order chi connectivity index (χ1) is 6.25. The van der Waals surface area contributed by atoms with Gasteiger partial charge in [-0.1, -0.05) is 0 Å². The summed E-state index contributed by atoms with van der Waals surface area (Å²) in [5, 5.41) is 17.5. The Bertz CT molecular complexity index is 177. The summed E-state index contributed by atoms with van der Waals surface area (Å²) in [4.78, 5) is 12.7. The van der Waals surface area contributed by atoms with Crippen molar-refractivity contribution in [1.29, 1.82) is 0 Å². The van der Waals surface area contributed by atoms with Gasteiger partial charge in [-0.2, -0.15) is 11.8 Å². The molecule has 0 aromatic carbocycles. The highest BCUT2D eigenvalue weighted by molar-refractivity contribution is 7.99. The van der Waals surface area contributed by atoms with Crippen LogP contribution in [0.15, 0.2) is 0 Å². The first-order valence-corrected chi connectivity index (χ1v) is 5.56. The maximum absolute atomic E-state index is 10.8. The molecule has 0 bridgehead atoms. The lowest BCUT2D eigenvalue weighted by Gasteiger charge is -2.32. The smallest absolute Gasteiger partial charge is 0.321 e. The number of hydrogen-bond donors (Lipinski definition) is 2. The Labute approximate surface area is 81.9 Å². The second kappa shape index (κ2) is 5.47. The van der Waals surface area contributed by atoms with Crippen molar-refractivity contribution in [3.05, 3.63) is 0 Å². The maximum atomic E-state index is 10.8. The van der Waals surface area contributed by atoms with Gasteiger partial charge >= 0.3 is 5.97 Å². The van der Waals surface area contributed by atoms with E-state index in [-0.39, 0.29) is 12.6 Å². The summed E-state index contributed by atoms with van der Waals surface area (Å²) in [6, 6.07) is -0.356. The number of hydrogen-bond acceptors (Lipinski definition) is 4. The Morgan fingerprint density at radius 1 is 1.62 bits per heavy atom. The molecule has 1 aliphatic rings. The van der Waals surface area contributed by atoms with Crippen LogP contribution in [0.4, 0.5) is 0 Å². The maximum Gasteiger partial charge on any atom is 0.321 e. The van der Waals surface area contributed by atoms with Crippen molar-refractivity contribution in [2.45, 2.75) is 12.5 Å². The van der Waals surface area contributed by atoms with E-state index in [1.165, 1.54) is 0 Å². The minimum absolute atomic E-state index is 0.135. The third-order valence-electron chi connectivity index (χ3n) is 2.13.